The lowest BCUT2D eigenvalue weighted by molar-refractivity contribution is -0.135. The molecule has 0 saturated carbocycles. The number of aryl methyl sites for hydroxylation is 1. The predicted octanol–water partition coefficient (Wildman–Crippen LogP) is 0.908. The molecule has 1 saturated heterocycles. The van der Waals surface area contributed by atoms with Crippen LogP contribution in [0.3, 0.4) is 0 Å². The molecule has 1 aliphatic rings. The number of piperazine rings is 1. The number of aromatic nitrogens is 4. The van der Waals surface area contributed by atoms with Crippen molar-refractivity contribution in [2.45, 2.75) is 26.8 Å². The maximum absolute atomic E-state index is 12.4. The topological polar surface area (TPSA) is 92.7 Å². The van der Waals surface area contributed by atoms with E-state index in [4.69, 9.17) is 5.73 Å². The minimum atomic E-state index is -0.147. The molecule has 0 bridgehead atoms. The molecule has 0 aliphatic carbocycles. The number of rotatable bonds is 3. The second-order valence-electron chi connectivity index (χ2n) is 6.19. The average Bonchev–Trinajstić information content (AvgIpc) is 3.01. The zero-order chi connectivity index (χ0) is 16.6. The molecular formula is C15H25Cl2N7O. The Hall–Kier alpha value is -1.64. The number of carbonyl (C=O) groups is 1. The van der Waals surface area contributed by atoms with E-state index in [1.165, 1.54) is 6.33 Å². The van der Waals surface area contributed by atoms with E-state index in [0.717, 1.165) is 24.6 Å². The van der Waals surface area contributed by atoms with E-state index >= 15 is 0 Å². The number of carbonyl (C=O) groups excluding carboxylic acids is 1. The van der Waals surface area contributed by atoms with Crippen molar-refractivity contribution in [3.63, 3.8) is 0 Å². The van der Waals surface area contributed by atoms with Crippen LogP contribution in [0.5, 0.6) is 0 Å². The minimum absolute atomic E-state index is 0. The van der Waals surface area contributed by atoms with E-state index < -0.39 is 0 Å². The summed E-state index contributed by atoms with van der Waals surface area (Å²) in [5.74, 6) is 1.56. The van der Waals surface area contributed by atoms with Gasteiger partial charge >= 0.3 is 0 Å². The molecule has 2 aromatic heterocycles. The van der Waals surface area contributed by atoms with Gasteiger partial charge in [-0.2, -0.15) is 14.6 Å². The van der Waals surface area contributed by atoms with E-state index in [1.54, 1.807) is 4.52 Å². The number of hydrogen-bond acceptors (Lipinski definition) is 6. The molecule has 0 spiro atoms. The van der Waals surface area contributed by atoms with Crippen LogP contribution in [0, 0.1) is 12.8 Å². The molecule has 3 heterocycles. The van der Waals surface area contributed by atoms with E-state index in [2.05, 4.69) is 20.0 Å². The smallest absolute Gasteiger partial charge is 0.254 e. The number of anilines is 1. The number of fused-ring (bicyclic) bond motifs is 1. The fourth-order valence-electron chi connectivity index (χ4n) is 2.81. The molecule has 8 nitrogen and oxygen atoms in total. The van der Waals surface area contributed by atoms with Crippen molar-refractivity contribution in [1.82, 2.24) is 24.5 Å². The molecule has 2 unspecified atom stereocenters. The van der Waals surface area contributed by atoms with Crippen molar-refractivity contribution in [3.05, 3.63) is 18.1 Å². The number of hydrogen-bond donors (Lipinski definition) is 1. The first-order valence-electron chi connectivity index (χ1n) is 7.94. The minimum Gasteiger partial charge on any atom is -0.353 e. The van der Waals surface area contributed by atoms with Crippen LogP contribution in [-0.2, 0) is 4.79 Å². The van der Waals surface area contributed by atoms with Crippen LogP contribution in [0.2, 0.25) is 0 Å². The summed E-state index contributed by atoms with van der Waals surface area (Å²) in [4.78, 5) is 25.0. The second kappa shape index (κ2) is 8.64. The highest BCUT2D eigenvalue weighted by Gasteiger charge is 2.27. The Morgan fingerprint density at radius 3 is 2.44 bits per heavy atom. The van der Waals surface area contributed by atoms with Gasteiger partial charge in [0.25, 0.3) is 5.78 Å². The number of amides is 1. The molecule has 3 rings (SSSR count). The monoisotopic (exact) mass is 389 g/mol. The SMILES string of the molecule is Cc1cc(N2CCN(C(=O)C(C)C(C)N)CC2)n2ncnc2n1.Cl.Cl. The fourth-order valence-corrected chi connectivity index (χ4v) is 2.81. The van der Waals surface area contributed by atoms with Crippen molar-refractivity contribution in [2.24, 2.45) is 11.7 Å². The van der Waals surface area contributed by atoms with E-state index in [0.29, 0.717) is 18.9 Å². The van der Waals surface area contributed by atoms with Gasteiger partial charge in [-0.25, -0.2) is 4.98 Å². The molecule has 2 N–H and O–H groups in total. The molecule has 1 fully saturated rings. The van der Waals surface area contributed by atoms with Crippen molar-refractivity contribution >= 4 is 42.3 Å². The third-order valence-corrected chi connectivity index (χ3v) is 4.45. The molecule has 1 amide bonds. The van der Waals surface area contributed by atoms with Crippen molar-refractivity contribution in [3.8, 4) is 0 Å². The quantitative estimate of drug-likeness (QED) is 0.838. The van der Waals surface area contributed by atoms with Gasteiger partial charge in [0.1, 0.15) is 12.1 Å². The van der Waals surface area contributed by atoms with Crippen molar-refractivity contribution in [1.29, 1.82) is 0 Å². The zero-order valence-corrected chi connectivity index (χ0v) is 16.3. The van der Waals surface area contributed by atoms with E-state index in [9.17, 15) is 4.79 Å². The molecule has 140 valence electrons. The van der Waals surface area contributed by atoms with Crippen molar-refractivity contribution < 1.29 is 4.79 Å². The molecule has 2 aromatic rings. The highest BCUT2D eigenvalue weighted by Crippen LogP contribution is 2.18. The third kappa shape index (κ3) is 4.31. The fraction of sp³-hybridized carbons (Fsp3) is 0.600. The summed E-state index contributed by atoms with van der Waals surface area (Å²) in [5, 5.41) is 4.24. The Balaban J connectivity index is 0.00000156. The van der Waals surface area contributed by atoms with Crippen LogP contribution in [0.25, 0.3) is 5.78 Å². The summed E-state index contributed by atoms with van der Waals surface area (Å²) in [6, 6.07) is 1.88. The Kier molecular flexibility index (Phi) is 7.40. The largest absolute Gasteiger partial charge is 0.353 e. The number of nitrogens with zero attached hydrogens (tertiary/aromatic N) is 6. The summed E-state index contributed by atoms with van der Waals surface area (Å²) in [6.07, 6.45) is 1.51. The van der Waals surface area contributed by atoms with Crippen LogP contribution < -0.4 is 10.6 Å². The van der Waals surface area contributed by atoms with Gasteiger partial charge in [0, 0.05) is 44.0 Å². The van der Waals surface area contributed by atoms with Gasteiger partial charge < -0.3 is 15.5 Å². The Labute approximate surface area is 159 Å². The van der Waals surface area contributed by atoms with Crippen LogP contribution >= 0.6 is 24.8 Å². The Morgan fingerprint density at radius 2 is 1.84 bits per heavy atom. The second-order valence-corrected chi connectivity index (χ2v) is 6.19. The van der Waals surface area contributed by atoms with Crippen LogP contribution in [0.15, 0.2) is 12.4 Å². The Morgan fingerprint density at radius 1 is 1.20 bits per heavy atom. The molecule has 1 aliphatic heterocycles. The summed E-state index contributed by atoms with van der Waals surface area (Å²) >= 11 is 0. The van der Waals surface area contributed by atoms with Gasteiger partial charge in [-0.15, -0.1) is 24.8 Å². The van der Waals surface area contributed by atoms with Crippen LogP contribution in [-0.4, -0.2) is 62.6 Å². The maximum Gasteiger partial charge on any atom is 0.254 e. The number of nitrogens with two attached hydrogens (primary N) is 1. The first-order valence-corrected chi connectivity index (χ1v) is 7.94. The van der Waals surface area contributed by atoms with Gasteiger partial charge in [0.2, 0.25) is 5.91 Å². The first-order chi connectivity index (χ1) is 11.0. The molecule has 10 heteroatoms. The highest BCUT2D eigenvalue weighted by atomic mass is 35.5. The first kappa shape index (κ1) is 21.4. The van der Waals surface area contributed by atoms with Gasteiger partial charge in [0.15, 0.2) is 0 Å². The van der Waals surface area contributed by atoms with Crippen LogP contribution in [0.4, 0.5) is 5.82 Å². The lowest BCUT2D eigenvalue weighted by Gasteiger charge is -2.37. The molecule has 0 aromatic carbocycles. The molecule has 25 heavy (non-hydrogen) atoms. The zero-order valence-electron chi connectivity index (χ0n) is 14.6. The molecule has 0 radical (unpaired) electrons. The van der Waals surface area contributed by atoms with E-state index in [1.807, 2.05) is 31.7 Å². The van der Waals surface area contributed by atoms with Crippen molar-refractivity contribution in [2.75, 3.05) is 31.1 Å². The lowest BCUT2D eigenvalue weighted by atomic mass is 10.0. The van der Waals surface area contributed by atoms with Gasteiger partial charge in [-0.05, 0) is 13.8 Å². The highest BCUT2D eigenvalue weighted by molar-refractivity contribution is 5.85. The van der Waals surface area contributed by atoms with Gasteiger partial charge in [-0.3, -0.25) is 4.79 Å². The van der Waals surface area contributed by atoms with E-state index in [-0.39, 0.29) is 42.7 Å². The summed E-state index contributed by atoms with van der Waals surface area (Å²) in [7, 11) is 0. The normalized spacial score (nSPS) is 16.8. The summed E-state index contributed by atoms with van der Waals surface area (Å²) in [5.41, 5.74) is 6.75. The Bertz CT molecular complexity index is 713. The number of halogens is 2. The summed E-state index contributed by atoms with van der Waals surface area (Å²) < 4.78 is 1.75. The molecule has 2 atom stereocenters. The third-order valence-electron chi connectivity index (χ3n) is 4.45. The lowest BCUT2D eigenvalue weighted by Crippen LogP contribution is -2.52. The van der Waals surface area contributed by atoms with Gasteiger partial charge in [-0.1, -0.05) is 6.92 Å². The van der Waals surface area contributed by atoms with Crippen LogP contribution in [0.1, 0.15) is 19.5 Å². The standard InChI is InChI=1S/C15H23N7O.2ClH/c1-10-8-13(22-15(19-10)17-9-18-22)20-4-6-21(7-5-20)14(23)11(2)12(3)16;;/h8-9,11-12H,4-7,16H2,1-3H3;2*1H. The van der Waals surface area contributed by atoms with Gasteiger partial charge in [0.05, 0.1) is 5.92 Å². The summed E-state index contributed by atoms with van der Waals surface area (Å²) in [6.45, 7) is 8.61. The average molecular weight is 390 g/mol. The maximum atomic E-state index is 12.4. The predicted molar refractivity (Wildman–Crippen MR) is 102 cm³/mol. The molecular weight excluding hydrogens is 365 g/mol.